The van der Waals surface area contributed by atoms with E-state index in [9.17, 15) is 4.79 Å². The number of carbonyl (C=O) groups excluding carboxylic acids is 1. The standard InChI is InChI=1S/C20H26N2O2/c1-5-21(6-2)20(23)14-10-8-11-15-18(14)19-16(22(15)7-3)12-9-13-17(19)24-4/h7,9,12-14H,3,5-6,8,10-11H2,1-2,4H3. The smallest absolute Gasteiger partial charge is 0.230 e. The number of rotatable bonds is 5. The van der Waals surface area contributed by atoms with Crippen LogP contribution in [0.4, 0.5) is 0 Å². The third kappa shape index (κ3) is 2.41. The van der Waals surface area contributed by atoms with Gasteiger partial charge in [0.1, 0.15) is 5.75 Å². The van der Waals surface area contributed by atoms with Crippen LogP contribution in [0.2, 0.25) is 0 Å². The first kappa shape index (κ1) is 16.6. The van der Waals surface area contributed by atoms with Crippen molar-refractivity contribution in [3.8, 4) is 5.75 Å². The van der Waals surface area contributed by atoms with Crippen LogP contribution < -0.4 is 4.74 Å². The van der Waals surface area contributed by atoms with Gasteiger partial charge in [-0.3, -0.25) is 4.79 Å². The molecule has 0 bridgehead atoms. The molecule has 2 aromatic rings. The van der Waals surface area contributed by atoms with E-state index in [1.54, 1.807) is 7.11 Å². The molecule has 0 spiro atoms. The zero-order valence-electron chi connectivity index (χ0n) is 14.8. The van der Waals surface area contributed by atoms with Gasteiger partial charge in [0.15, 0.2) is 0 Å². The maximum absolute atomic E-state index is 13.1. The summed E-state index contributed by atoms with van der Waals surface area (Å²) >= 11 is 0. The van der Waals surface area contributed by atoms with Crippen LogP contribution in [0.25, 0.3) is 17.1 Å². The summed E-state index contributed by atoms with van der Waals surface area (Å²) in [4.78, 5) is 15.1. The molecule has 1 atom stereocenters. The fourth-order valence-corrected chi connectivity index (χ4v) is 4.04. The SMILES string of the molecule is C=Cn1c2c(c3c(OC)cccc31)C(C(=O)N(CC)CC)CCC2. The molecule has 128 valence electrons. The fraction of sp³-hybridized carbons (Fsp3) is 0.450. The summed E-state index contributed by atoms with van der Waals surface area (Å²) in [5.74, 6) is 0.979. The normalized spacial score (nSPS) is 16.7. The summed E-state index contributed by atoms with van der Waals surface area (Å²) < 4.78 is 7.75. The Balaban J connectivity index is 2.26. The van der Waals surface area contributed by atoms with Crippen LogP contribution in [0.3, 0.4) is 0 Å². The summed E-state index contributed by atoms with van der Waals surface area (Å²) in [6.07, 6.45) is 4.75. The van der Waals surface area contributed by atoms with Gasteiger partial charge in [0, 0.05) is 30.4 Å². The van der Waals surface area contributed by atoms with Crippen LogP contribution in [-0.2, 0) is 11.2 Å². The van der Waals surface area contributed by atoms with Gasteiger partial charge in [-0.25, -0.2) is 0 Å². The number of carbonyl (C=O) groups is 1. The summed E-state index contributed by atoms with van der Waals surface area (Å²) in [7, 11) is 1.69. The van der Waals surface area contributed by atoms with E-state index in [2.05, 4.69) is 17.2 Å². The van der Waals surface area contributed by atoms with E-state index in [1.165, 1.54) is 5.69 Å². The van der Waals surface area contributed by atoms with Gasteiger partial charge < -0.3 is 14.2 Å². The van der Waals surface area contributed by atoms with Crippen LogP contribution in [0, 0.1) is 0 Å². The van der Waals surface area contributed by atoms with E-state index in [-0.39, 0.29) is 11.8 Å². The lowest BCUT2D eigenvalue weighted by Gasteiger charge is -2.29. The van der Waals surface area contributed by atoms with E-state index >= 15 is 0 Å². The van der Waals surface area contributed by atoms with Gasteiger partial charge in [0.25, 0.3) is 0 Å². The third-order valence-electron chi connectivity index (χ3n) is 5.17. The lowest BCUT2D eigenvalue weighted by Crippen LogP contribution is -2.36. The first-order chi connectivity index (χ1) is 11.7. The Morgan fingerprint density at radius 3 is 2.79 bits per heavy atom. The highest BCUT2D eigenvalue weighted by Gasteiger charge is 2.34. The monoisotopic (exact) mass is 326 g/mol. The lowest BCUT2D eigenvalue weighted by molar-refractivity contribution is -0.132. The van der Waals surface area contributed by atoms with Gasteiger partial charge >= 0.3 is 0 Å². The maximum atomic E-state index is 13.1. The molecule has 1 heterocycles. The average molecular weight is 326 g/mol. The lowest BCUT2D eigenvalue weighted by atomic mass is 9.84. The predicted octanol–water partition coefficient (Wildman–Crippen LogP) is 4.04. The van der Waals surface area contributed by atoms with Crippen molar-refractivity contribution in [1.29, 1.82) is 0 Å². The molecule has 0 radical (unpaired) electrons. The summed E-state index contributed by atoms with van der Waals surface area (Å²) in [5, 5.41) is 1.07. The second-order valence-electron chi connectivity index (χ2n) is 6.22. The van der Waals surface area contributed by atoms with Crippen LogP contribution >= 0.6 is 0 Å². The van der Waals surface area contributed by atoms with Crippen molar-refractivity contribution in [2.45, 2.75) is 39.0 Å². The van der Waals surface area contributed by atoms with Crippen LogP contribution in [-0.4, -0.2) is 35.6 Å². The average Bonchev–Trinajstić information content (AvgIpc) is 2.96. The van der Waals surface area contributed by atoms with Crippen LogP contribution in [0.15, 0.2) is 24.8 Å². The van der Waals surface area contributed by atoms with Gasteiger partial charge in [-0.1, -0.05) is 12.6 Å². The minimum Gasteiger partial charge on any atom is -0.496 e. The van der Waals surface area contributed by atoms with Crippen LogP contribution in [0.1, 0.15) is 43.9 Å². The Hall–Kier alpha value is -2.23. The van der Waals surface area contributed by atoms with Crippen molar-refractivity contribution in [2.24, 2.45) is 0 Å². The van der Waals surface area contributed by atoms with E-state index < -0.39 is 0 Å². The third-order valence-corrected chi connectivity index (χ3v) is 5.17. The van der Waals surface area contributed by atoms with E-state index in [4.69, 9.17) is 4.74 Å². The fourth-order valence-electron chi connectivity index (χ4n) is 4.04. The minimum atomic E-state index is -0.0892. The molecule has 1 aromatic heterocycles. The number of hydrogen-bond donors (Lipinski definition) is 0. The van der Waals surface area contributed by atoms with Gasteiger partial charge in [-0.05, 0) is 50.8 Å². The molecule has 1 aliphatic rings. The minimum absolute atomic E-state index is 0.0892. The molecule has 1 unspecified atom stereocenters. The first-order valence-electron chi connectivity index (χ1n) is 8.78. The van der Waals surface area contributed by atoms with Crippen molar-refractivity contribution in [3.05, 3.63) is 36.0 Å². The molecule has 1 aromatic carbocycles. The molecular formula is C20H26N2O2. The molecule has 4 heteroatoms. The molecule has 3 rings (SSSR count). The number of methoxy groups -OCH3 is 1. The topological polar surface area (TPSA) is 34.5 Å². The van der Waals surface area contributed by atoms with Gasteiger partial charge in [-0.15, -0.1) is 0 Å². The summed E-state index contributed by atoms with van der Waals surface area (Å²) in [5.41, 5.74) is 3.43. The molecule has 0 fully saturated rings. The first-order valence-corrected chi connectivity index (χ1v) is 8.78. The van der Waals surface area contributed by atoms with E-state index in [0.29, 0.717) is 0 Å². The molecule has 4 nitrogen and oxygen atoms in total. The van der Waals surface area contributed by atoms with Crippen molar-refractivity contribution in [2.75, 3.05) is 20.2 Å². The Labute approximate surface area is 143 Å². The van der Waals surface area contributed by atoms with E-state index in [1.807, 2.05) is 37.1 Å². The van der Waals surface area contributed by atoms with Crippen molar-refractivity contribution in [3.63, 3.8) is 0 Å². The predicted molar refractivity (Wildman–Crippen MR) is 98.5 cm³/mol. The number of likely N-dealkylation sites (N-methyl/N-ethyl adjacent to an activating group) is 1. The second kappa shape index (κ2) is 6.71. The highest BCUT2D eigenvalue weighted by molar-refractivity contribution is 5.98. The highest BCUT2D eigenvalue weighted by atomic mass is 16.5. The largest absolute Gasteiger partial charge is 0.496 e. The number of hydrogen-bond acceptors (Lipinski definition) is 2. The second-order valence-corrected chi connectivity index (χ2v) is 6.22. The Morgan fingerprint density at radius 2 is 2.17 bits per heavy atom. The van der Waals surface area contributed by atoms with Crippen molar-refractivity contribution in [1.82, 2.24) is 9.47 Å². The zero-order chi connectivity index (χ0) is 17.3. The number of aromatic nitrogens is 1. The molecule has 0 N–H and O–H groups in total. The Bertz CT molecular complexity index is 772. The molecule has 0 aliphatic heterocycles. The number of ether oxygens (including phenoxy) is 1. The zero-order valence-corrected chi connectivity index (χ0v) is 14.8. The summed E-state index contributed by atoms with van der Waals surface area (Å²) in [6, 6.07) is 6.05. The van der Waals surface area contributed by atoms with Crippen molar-refractivity contribution < 1.29 is 9.53 Å². The molecule has 0 saturated heterocycles. The number of amides is 1. The molecule has 24 heavy (non-hydrogen) atoms. The van der Waals surface area contributed by atoms with Crippen LogP contribution in [0.5, 0.6) is 5.75 Å². The molecular weight excluding hydrogens is 300 g/mol. The molecule has 1 aliphatic carbocycles. The number of nitrogens with zero attached hydrogens (tertiary/aromatic N) is 2. The Morgan fingerprint density at radius 1 is 1.42 bits per heavy atom. The molecule has 1 amide bonds. The van der Waals surface area contributed by atoms with E-state index in [0.717, 1.165) is 54.6 Å². The number of fused-ring (bicyclic) bond motifs is 3. The Kier molecular flexibility index (Phi) is 4.65. The van der Waals surface area contributed by atoms with Gasteiger partial charge in [0.2, 0.25) is 5.91 Å². The van der Waals surface area contributed by atoms with Gasteiger partial charge in [-0.2, -0.15) is 0 Å². The van der Waals surface area contributed by atoms with Crippen molar-refractivity contribution >= 4 is 23.0 Å². The summed E-state index contributed by atoms with van der Waals surface area (Å²) in [6.45, 7) is 9.56. The molecule has 0 saturated carbocycles. The quantitative estimate of drug-likeness (QED) is 0.831. The highest BCUT2D eigenvalue weighted by Crippen LogP contribution is 2.43. The number of benzene rings is 1. The van der Waals surface area contributed by atoms with Gasteiger partial charge in [0.05, 0.1) is 18.5 Å². The maximum Gasteiger partial charge on any atom is 0.230 e.